The van der Waals surface area contributed by atoms with Crippen molar-refractivity contribution in [1.29, 1.82) is 0 Å². The Hall–Kier alpha value is -1.56. The van der Waals surface area contributed by atoms with Crippen LogP contribution >= 0.6 is 0 Å². The summed E-state index contributed by atoms with van der Waals surface area (Å²) >= 11 is 0. The third-order valence-corrected chi connectivity index (χ3v) is 25.5. The molecule has 2 aromatic carbocycles. The van der Waals surface area contributed by atoms with E-state index >= 15 is 0 Å². The van der Waals surface area contributed by atoms with E-state index in [1.807, 2.05) is 0 Å². The maximum absolute atomic E-state index is 13.1. The van der Waals surface area contributed by atoms with Crippen LogP contribution in [-0.2, 0) is 22.8 Å². The van der Waals surface area contributed by atoms with Gasteiger partial charge in [0.1, 0.15) is 0 Å². The number of carbonyl (C=O) groups is 1. The molecule has 252 valence electrons. The van der Waals surface area contributed by atoms with E-state index in [0.717, 1.165) is 42.7 Å². The van der Waals surface area contributed by atoms with Crippen molar-refractivity contribution >= 4 is 41.3 Å². The van der Waals surface area contributed by atoms with Crippen LogP contribution in [0.5, 0.6) is 0 Å². The number of rotatable bonds is 17. The normalized spacial score (nSPS) is 21.2. The van der Waals surface area contributed by atoms with Crippen molar-refractivity contribution in [3.63, 3.8) is 0 Å². The van der Waals surface area contributed by atoms with Crippen LogP contribution in [0.15, 0.2) is 60.7 Å². The first-order valence-corrected chi connectivity index (χ1v) is 24.6. The van der Waals surface area contributed by atoms with Gasteiger partial charge in [0.2, 0.25) is 0 Å². The first-order valence-electron chi connectivity index (χ1n) is 17.6. The Morgan fingerprint density at radius 1 is 0.689 bits per heavy atom. The van der Waals surface area contributed by atoms with Gasteiger partial charge in [-0.1, -0.05) is 123 Å². The van der Waals surface area contributed by atoms with E-state index in [0.29, 0.717) is 13.0 Å². The molecule has 1 saturated carbocycles. The van der Waals surface area contributed by atoms with Crippen molar-refractivity contribution in [2.24, 2.45) is 11.8 Å². The van der Waals surface area contributed by atoms with Gasteiger partial charge in [-0.2, -0.15) is 0 Å². The maximum Gasteiger partial charge on any atom is 0.305 e. The second-order valence-electron chi connectivity index (χ2n) is 14.1. The van der Waals surface area contributed by atoms with Crippen LogP contribution in [0.2, 0.25) is 41.3 Å². The summed E-state index contributed by atoms with van der Waals surface area (Å²) in [6.07, 6.45) is 1.10. The number of carbonyl (C=O) groups excluding carboxylic acids is 1. The molecule has 45 heavy (non-hydrogen) atoms. The molecule has 0 radical (unpaired) electrons. The van der Waals surface area contributed by atoms with Crippen LogP contribution in [0.4, 0.5) is 0 Å². The van der Waals surface area contributed by atoms with Crippen molar-refractivity contribution in [2.45, 2.75) is 129 Å². The molecule has 0 N–H and O–H groups in total. The molecule has 5 nitrogen and oxygen atoms in total. The molecule has 0 spiro atoms. The molecule has 0 unspecified atom stereocenters. The van der Waals surface area contributed by atoms with Gasteiger partial charge in [-0.25, -0.2) is 0 Å². The van der Waals surface area contributed by atoms with E-state index < -0.39 is 25.0 Å². The highest BCUT2D eigenvalue weighted by atomic mass is 28.4. The Bertz CT molecular complexity index is 1110. The minimum atomic E-state index is -2.79. The summed E-state index contributed by atoms with van der Waals surface area (Å²) < 4.78 is 27.5. The van der Waals surface area contributed by atoms with E-state index in [9.17, 15) is 4.79 Å². The summed E-state index contributed by atoms with van der Waals surface area (Å²) in [7, 11) is -5.20. The zero-order valence-electron chi connectivity index (χ0n) is 30.0. The third-order valence-electron chi connectivity index (χ3n) is 11.2. The second-order valence-corrected chi connectivity index (χ2v) is 27.9. The minimum absolute atomic E-state index is 0.00773. The van der Waals surface area contributed by atoms with Gasteiger partial charge in [-0.05, 0) is 58.1 Å². The number of benzene rings is 2. The summed E-state index contributed by atoms with van der Waals surface area (Å²) in [6.45, 7) is 21.2. The predicted molar refractivity (Wildman–Crippen MR) is 196 cm³/mol. The highest BCUT2D eigenvalue weighted by molar-refractivity contribution is 6.99. The SMILES string of the molecule is CC[Si](CC)(CC)O[C@H]1C[C@@H](O[Si](CC)(CC)CC)[C@@H](CC(=O)OC)[C@@H]1CO[Si](c1ccccc1)(c1ccccc1)C(C)(C)C. The Morgan fingerprint density at radius 2 is 1.09 bits per heavy atom. The molecule has 8 heteroatoms. The minimum Gasteiger partial charge on any atom is -0.469 e. The number of hydrogen-bond acceptors (Lipinski definition) is 5. The van der Waals surface area contributed by atoms with Crippen molar-refractivity contribution in [1.82, 2.24) is 0 Å². The fraction of sp³-hybridized carbons (Fsp3) is 0.649. The molecule has 1 fully saturated rings. The summed E-state index contributed by atoms with van der Waals surface area (Å²) in [4.78, 5) is 13.1. The average molecular weight is 671 g/mol. The first-order chi connectivity index (χ1) is 21.4. The zero-order chi connectivity index (χ0) is 33.3. The molecule has 0 bridgehead atoms. The van der Waals surface area contributed by atoms with Crippen molar-refractivity contribution in [2.75, 3.05) is 13.7 Å². The van der Waals surface area contributed by atoms with Crippen LogP contribution in [0, 0.1) is 11.8 Å². The van der Waals surface area contributed by atoms with Crippen molar-refractivity contribution in [3.05, 3.63) is 60.7 Å². The fourth-order valence-corrected chi connectivity index (χ4v) is 18.2. The van der Waals surface area contributed by atoms with E-state index in [-0.39, 0.29) is 35.1 Å². The lowest BCUT2D eigenvalue weighted by Gasteiger charge is -2.44. The lowest BCUT2D eigenvalue weighted by molar-refractivity contribution is -0.143. The molecule has 0 heterocycles. The molecule has 2 aromatic rings. The zero-order valence-corrected chi connectivity index (χ0v) is 33.0. The van der Waals surface area contributed by atoms with Crippen LogP contribution in [0.25, 0.3) is 0 Å². The van der Waals surface area contributed by atoms with E-state index in [1.54, 1.807) is 0 Å². The number of esters is 1. The van der Waals surface area contributed by atoms with Gasteiger partial charge in [-0.3, -0.25) is 4.79 Å². The van der Waals surface area contributed by atoms with E-state index in [2.05, 4.69) is 123 Å². The lowest BCUT2D eigenvalue weighted by atomic mass is 9.91. The molecule has 1 aliphatic rings. The molecular weight excluding hydrogens is 609 g/mol. The van der Waals surface area contributed by atoms with Crippen molar-refractivity contribution < 1.29 is 22.8 Å². The molecule has 0 aliphatic heterocycles. The highest BCUT2D eigenvalue weighted by Gasteiger charge is 2.54. The standard InChI is InChI=1S/C37H62O5Si3/c1-11-43(12-2,13-3)41-34-28-35(42-44(14-4,15-5)16-6)33(32(34)27-36(38)39-10)29-40-45(37(7,8)9,30-23-19-17-20-24-30)31-25-21-18-22-26-31/h17-26,32-35H,11-16,27-29H2,1-10H3/t32-,33-,34+,35-/m0/s1. The molecule has 0 amide bonds. The van der Waals surface area contributed by atoms with Crippen LogP contribution in [0.1, 0.15) is 75.2 Å². The number of ether oxygens (including phenoxy) is 1. The molecule has 0 aromatic heterocycles. The molecular formula is C37H62O5Si3. The van der Waals surface area contributed by atoms with Crippen LogP contribution in [-0.4, -0.2) is 56.8 Å². The Kier molecular flexibility index (Phi) is 13.9. The van der Waals surface area contributed by atoms with Crippen LogP contribution < -0.4 is 10.4 Å². The largest absolute Gasteiger partial charge is 0.469 e. The summed E-state index contributed by atoms with van der Waals surface area (Å²) in [5, 5.41) is 2.40. The van der Waals surface area contributed by atoms with E-state index in [1.165, 1.54) is 17.5 Å². The maximum atomic E-state index is 13.1. The van der Waals surface area contributed by atoms with E-state index in [4.69, 9.17) is 18.0 Å². The van der Waals surface area contributed by atoms with Gasteiger partial charge >= 0.3 is 5.97 Å². The third kappa shape index (κ3) is 8.30. The second kappa shape index (κ2) is 16.5. The number of methoxy groups -OCH3 is 1. The first kappa shape index (κ1) is 37.9. The molecule has 4 atom stereocenters. The Labute approximate surface area is 278 Å². The van der Waals surface area contributed by atoms with Gasteiger partial charge < -0.3 is 18.0 Å². The predicted octanol–water partition coefficient (Wildman–Crippen LogP) is 8.54. The van der Waals surface area contributed by atoms with Crippen LogP contribution in [0.3, 0.4) is 0 Å². The Morgan fingerprint density at radius 3 is 1.44 bits per heavy atom. The highest BCUT2D eigenvalue weighted by Crippen LogP contribution is 2.45. The van der Waals surface area contributed by atoms with Gasteiger partial charge in [0.15, 0.2) is 16.6 Å². The smallest absolute Gasteiger partial charge is 0.305 e. The molecule has 1 aliphatic carbocycles. The van der Waals surface area contributed by atoms with Gasteiger partial charge in [0.25, 0.3) is 8.32 Å². The summed E-state index contributed by atoms with van der Waals surface area (Å²) in [5.74, 6) is -0.162. The number of hydrogen-bond donors (Lipinski definition) is 0. The van der Waals surface area contributed by atoms with Gasteiger partial charge in [0.05, 0.1) is 25.7 Å². The fourth-order valence-electron chi connectivity index (χ4n) is 7.82. The molecule has 0 saturated heterocycles. The summed E-state index contributed by atoms with van der Waals surface area (Å²) in [6, 6.07) is 28.2. The topological polar surface area (TPSA) is 54.0 Å². The Balaban J connectivity index is 2.17. The lowest BCUT2D eigenvalue weighted by Crippen LogP contribution is -2.67. The summed E-state index contributed by atoms with van der Waals surface area (Å²) in [5.41, 5.74) is 0. The van der Waals surface area contributed by atoms with Gasteiger partial charge in [0, 0.05) is 18.4 Å². The van der Waals surface area contributed by atoms with Crippen molar-refractivity contribution in [3.8, 4) is 0 Å². The average Bonchev–Trinajstić information content (AvgIpc) is 3.37. The van der Waals surface area contributed by atoms with Gasteiger partial charge in [-0.15, -0.1) is 0 Å². The molecule has 3 rings (SSSR count). The monoisotopic (exact) mass is 670 g/mol. The quantitative estimate of drug-likeness (QED) is 0.125.